The predicted octanol–water partition coefficient (Wildman–Crippen LogP) is 2.37. The smallest absolute Gasteiger partial charge is 0.212 e. The molecule has 0 aliphatic carbocycles. The van der Waals surface area contributed by atoms with Crippen LogP contribution in [0.15, 0.2) is 36.5 Å². The maximum Gasteiger partial charge on any atom is 0.212 e. The van der Waals surface area contributed by atoms with Gasteiger partial charge in [0.1, 0.15) is 0 Å². The fourth-order valence-corrected chi connectivity index (χ4v) is 4.96. The highest BCUT2D eigenvalue weighted by atomic mass is 32.2. The Morgan fingerprint density at radius 1 is 1.25 bits per heavy atom. The molecule has 0 radical (unpaired) electrons. The number of hydrogen-bond donors (Lipinski definition) is 1. The van der Waals surface area contributed by atoms with Crippen molar-refractivity contribution in [2.24, 2.45) is 11.8 Å². The van der Waals surface area contributed by atoms with Crippen LogP contribution in [0, 0.1) is 11.8 Å². The number of sulfonamides is 1. The van der Waals surface area contributed by atoms with Gasteiger partial charge in [-0.2, -0.15) is 0 Å². The minimum atomic E-state index is -3.27. The molecule has 1 N–H and O–H groups in total. The Hall–Kier alpha value is -1.50. The van der Waals surface area contributed by atoms with E-state index in [1.165, 1.54) is 5.56 Å². The summed E-state index contributed by atoms with van der Waals surface area (Å²) in [5.41, 5.74) is 2.15. The number of ether oxygens (including phenoxy) is 1. The molecule has 1 fully saturated rings. The second-order valence-electron chi connectivity index (χ2n) is 6.89. The maximum atomic E-state index is 12.2. The molecule has 0 amide bonds. The van der Waals surface area contributed by atoms with Crippen LogP contribution in [-0.4, -0.2) is 38.4 Å². The summed E-state index contributed by atoms with van der Waals surface area (Å²) in [6, 6.07) is 9.88. The lowest BCUT2D eigenvalue weighted by Gasteiger charge is -2.20. The average molecular weight is 348 g/mol. The quantitative estimate of drug-likeness (QED) is 0.870. The van der Waals surface area contributed by atoms with Crippen LogP contribution in [0.2, 0.25) is 0 Å². The van der Waals surface area contributed by atoms with Crippen molar-refractivity contribution in [2.45, 2.75) is 26.3 Å². The van der Waals surface area contributed by atoms with Gasteiger partial charge >= 0.3 is 0 Å². The van der Waals surface area contributed by atoms with Gasteiger partial charge in [-0.3, -0.25) is 4.98 Å². The molecule has 1 aliphatic heterocycles. The van der Waals surface area contributed by atoms with Crippen molar-refractivity contribution in [1.29, 1.82) is 0 Å². The maximum absolute atomic E-state index is 12.2. The van der Waals surface area contributed by atoms with Gasteiger partial charge in [0.15, 0.2) is 0 Å². The number of pyridine rings is 1. The molecule has 2 heterocycles. The molecule has 0 bridgehead atoms. The zero-order chi connectivity index (χ0) is 17.2. The van der Waals surface area contributed by atoms with Crippen LogP contribution in [0.3, 0.4) is 0 Å². The number of fused-ring (bicyclic) bond motifs is 1. The molecule has 24 heavy (non-hydrogen) atoms. The van der Waals surface area contributed by atoms with E-state index in [4.69, 9.17) is 4.74 Å². The first-order chi connectivity index (χ1) is 11.4. The fourth-order valence-electron chi connectivity index (χ4n) is 3.26. The summed E-state index contributed by atoms with van der Waals surface area (Å²) in [7, 11) is -3.27. The number of para-hydroxylation sites is 1. The molecule has 3 rings (SSSR count). The Bertz CT molecular complexity index is 800. The Labute approximate surface area is 143 Å². The van der Waals surface area contributed by atoms with Crippen molar-refractivity contribution in [2.75, 3.05) is 19.0 Å². The molecular formula is C18H24N2O3S. The SMILES string of the molecule is CC(C)CS(=O)(=O)N[C@H]1COC[C@H]1Cc1ccnc2ccccc12. The first-order valence-electron chi connectivity index (χ1n) is 8.35. The summed E-state index contributed by atoms with van der Waals surface area (Å²) in [5.74, 6) is 0.388. The standard InChI is InChI=1S/C18H24N2O3S/c1-13(2)12-24(21,22)20-18-11-23-10-15(18)9-14-7-8-19-17-6-4-3-5-16(14)17/h3-8,13,15,18,20H,9-12H2,1-2H3/t15-,18+/m1/s1. The summed E-state index contributed by atoms with van der Waals surface area (Å²) in [6.07, 6.45) is 2.59. The van der Waals surface area contributed by atoms with Gasteiger partial charge in [-0.05, 0) is 30.0 Å². The molecular weight excluding hydrogens is 324 g/mol. The van der Waals surface area contributed by atoms with Gasteiger partial charge in [-0.1, -0.05) is 32.0 Å². The lowest BCUT2D eigenvalue weighted by molar-refractivity contribution is 0.183. The Balaban J connectivity index is 1.76. The van der Waals surface area contributed by atoms with E-state index in [2.05, 4.69) is 15.8 Å². The fraction of sp³-hybridized carbons (Fsp3) is 0.500. The van der Waals surface area contributed by atoms with Crippen LogP contribution in [0.4, 0.5) is 0 Å². The molecule has 2 aromatic rings. The van der Waals surface area contributed by atoms with E-state index in [-0.39, 0.29) is 23.6 Å². The van der Waals surface area contributed by atoms with Gasteiger partial charge in [-0.15, -0.1) is 0 Å². The third-order valence-electron chi connectivity index (χ3n) is 4.30. The van der Waals surface area contributed by atoms with E-state index in [1.807, 2.05) is 44.3 Å². The van der Waals surface area contributed by atoms with Gasteiger partial charge in [0.05, 0.1) is 30.5 Å². The zero-order valence-corrected chi connectivity index (χ0v) is 14.9. The summed E-state index contributed by atoms with van der Waals surface area (Å²) in [4.78, 5) is 4.38. The largest absolute Gasteiger partial charge is 0.379 e. The molecule has 1 aliphatic rings. The van der Waals surface area contributed by atoms with Crippen molar-refractivity contribution >= 4 is 20.9 Å². The van der Waals surface area contributed by atoms with Crippen molar-refractivity contribution in [1.82, 2.24) is 9.71 Å². The van der Waals surface area contributed by atoms with Gasteiger partial charge in [-0.25, -0.2) is 13.1 Å². The number of aromatic nitrogens is 1. The van der Waals surface area contributed by atoms with Crippen molar-refractivity contribution < 1.29 is 13.2 Å². The second-order valence-corrected chi connectivity index (χ2v) is 8.69. The lowest BCUT2D eigenvalue weighted by atomic mass is 9.93. The highest BCUT2D eigenvalue weighted by Gasteiger charge is 2.32. The van der Waals surface area contributed by atoms with E-state index in [0.717, 1.165) is 17.3 Å². The summed E-state index contributed by atoms with van der Waals surface area (Å²) in [6.45, 7) is 4.83. The molecule has 1 saturated heterocycles. The monoisotopic (exact) mass is 348 g/mol. The van der Waals surface area contributed by atoms with Crippen molar-refractivity contribution in [3.05, 3.63) is 42.1 Å². The highest BCUT2D eigenvalue weighted by molar-refractivity contribution is 7.89. The van der Waals surface area contributed by atoms with Crippen LogP contribution in [0.1, 0.15) is 19.4 Å². The van der Waals surface area contributed by atoms with Gasteiger partial charge in [0, 0.05) is 17.5 Å². The van der Waals surface area contributed by atoms with Crippen molar-refractivity contribution in [3.63, 3.8) is 0 Å². The molecule has 2 atom stereocenters. The predicted molar refractivity (Wildman–Crippen MR) is 95.3 cm³/mol. The van der Waals surface area contributed by atoms with Gasteiger partial charge in [0.25, 0.3) is 0 Å². The van der Waals surface area contributed by atoms with Gasteiger partial charge in [0.2, 0.25) is 10.0 Å². The first kappa shape index (κ1) is 17.3. The molecule has 0 unspecified atom stereocenters. The number of benzene rings is 1. The first-order valence-corrected chi connectivity index (χ1v) is 10.0. The van der Waals surface area contributed by atoms with Crippen LogP contribution in [0.25, 0.3) is 10.9 Å². The Kier molecular flexibility index (Phi) is 5.18. The number of nitrogens with one attached hydrogen (secondary N) is 1. The number of nitrogens with zero attached hydrogens (tertiary/aromatic N) is 1. The van der Waals surface area contributed by atoms with E-state index in [1.54, 1.807) is 0 Å². The molecule has 5 nitrogen and oxygen atoms in total. The van der Waals surface area contributed by atoms with Crippen molar-refractivity contribution in [3.8, 4) is 0 Å². The summed E-state index contributed by atoms with van der Waals surface area (Å²) < 4.78 is 32.9. The minimum absolute atomic E-state index is 0.104. The molecule has 0 saturated carbocycles. The second kappa shape index (κ2) is 7.17. The summed E-state index contributed by atoms with van der Waals surface area (Å²) in [5, 5.41) is 1.12. The number of rotatable bonds is 6. The molecule has 6 heteroatoms. The normalized spacial score (nSPS) is 21.6. The van der Waals surface area contributed by atoms with E-state index < -0.39 is 10.0 Å². The molecule has 1 aromatic heterocycles. The van der Waals surface area contributed by atoms with E-state index >= 15 is 0 Å². The lowest BCUT2D eigenvalue weighted by Crippen LogP contribution is -2.42. The van der Waals surface area contributed by atoms with Gasteiger partial charge < -0.3 is 4.74 Å². The summed E-state index contributed by atoms with van der Waals surface area (Å²) >= 11 is 0. The van der Waals surface area contributed by atoms with Crippen LogP contribution in [0.5, 0.6) is 0 Å². The number of hydrogen-bond acceptors (Lipinski definition) is 4. The van der Waals surface area contributed by atoms with Crippen LogP contribution in [-0.2, 0) is 21.2 Å². The Morgan fingerprint density at radius 3 is 2.83 bits per heavy atom. The van der Waals surface area contributed by atoms with Crippen LogP contribution < -0.4 is 4.72 Å². The molecule has 130 valence electrons. The third kappa shape index (κ3) is 4.12. The minimum Gasteiger partial charge on any atom is -0.379 e. The Morgan fingerprint density at radius 2 is 2.04 bits per heavy atom. The third-order valence-corrected chi connectivity index (χ3v) is 6.07. The van der Waals surface area contributed by atoms with E-state index in [9.17, 15) is 8.42 Å². The zero-order valence-electron chi connectivity index (χ0n) is 14.1. The van der Waals surface area contributed by atoms with Crippen LogP contribution >= 0.6 is 0 Å². The molecule has 0 spiro atoms. The van der Waals surface area contributed by atoms with E-state index in [0.29, 0.717) is 13.2 Å². The average Bonchev–Trinajstić information content (AvgIpc) is 2.92. The highest BCUT2D eigenvalue weighted by Crippen LogP contribution is 2.24. The molecule has 1 aromatic carbocycles. The topological polar surface area (TPSA) is 68.3 Å².